The highest BCUT2D eigenvalue weighted by Crippen LogP contribution is 2.41. The monoisotopic (exact) mass is 314 g/mol. The molecule has 2 unspecified atom stereocenters. The number of thiophene rings is 1. The van der Waals surface area contributed by atoms with Crippen molar-refractivity contribution in [2.75, 3.05) is 0 Å². The molecule has 1 rings (SSSR count). The topological polar surface area (TPSA) is 0 Å². The molecule has 0 aliphatic rings. The zero-order chi connectivity index (χ0) is 10.7. The molecule has 0 fully saturated rings. The Morgan fingerprint density at radius 2 is 2.21 bits per heavy atom. The summed E-state index contributed by atoms with van der Waals surface area (Å²) in [7, 11) is 0. The smallest absolute Gasteiger partial charge is 0.107 e. The summed E-state index contributed by atoms with van der Waals surface area (Å²) in [5.41, 5.74) is 0. The molecule has 0 saturated heterocycles. The molecule has 0 spiro atoms. The highest BCUT2D eigenvalue weighted by Gasteiger charge is 2.19. The van der Waals surface area contributed by atoms with Crippen LogP contribution in [0.1, 0.15) is 36.9 Å². The van der Waals surface area contributed by atoms with E-state index in [0.717, 1.165) is 20.1 Å². The van der Waals surface area contributed by atoms with Crippen LogP contribution in [0.15, 0.2) is 10.5 Å². The summed E-state index contributed by atoms with van der Waals surface area (Å²) < 4.78 is 1.74. The van der Waals surface area contributed by atoms with Gasteiger partial charge in [0.25, 0.3) is 0 Å². The predicted octanol–water partition coefficient (Wildman–Crippen LogP) is 5.88. The molecule has 1 aromatic rings. The fourth-order valence-electron chi connectivity index (χ4n) is 1.38. The summed E-state index contributed by atoms with van der Waals surface area (Å²) in [5, 5.41) is 0.0868. The fourth-order valence-corrected chi connectivity index (χ4v) is 3.55. The molecular weight excluding hydrogens is 303 g/mol. The zero-order valence-corrected chi connectivity index (χ0v) is 12.1. The molecular formula is C10H13BrCl2S. The number of halogens is 3. The standard InChI is InChI=1S/C10H13BrCl2S/c1-3-4-6(2)9(12)8-5-7(11)10(13)14-8/h5-6,9H,3-4H2,1-2H3. The first kappa shape index (κ1) is 12.8. The molecule has 4 heteroatoms. The molecule has 0 aromatic carbocycles. The van der Waals surface area contributed by atoms with Gasteiger partial charge in [0.1, 0.15) is 4.34 Å². The lowest BCUT2D eigenvalue weighted by Crippen LogP contribution is -2.01. The highest BCUT2D eigenvalue weighted by molar-refractivity contribution is 9.10. The van der Waals surface area contributed by atoms with Crippen LogP contribution < -0.4 is 0 Å². The lowest BCUT2D eigenvalue weighted by atomic mass is 10.0. The van der Waals surface area contributed by atoms with Gasteiger partial charge in [0.15, 0.2) is 0 Å². The molecule has 0 radical (unpaired) electrons. The van der Waals surface area contributed by atoms with Gasteiger partial charge >= 0.3 is 0 Å². The van der Waals surface area contributed by atoms with Crippen molar-refractivity contribution in [1.82, 2.24) is 0 Å². The first-order chi connectivity index (χ1) is 6.56. The summed E-state index contributed by atoms with van der Waals surface area (Å²) in [4.78, 5) is 1.16. The van der Waals surface area contributed by atoms with Gasteiger partial charge in [0.05, 0.1) is 5.38 Å². The van der Waals surface area contributed by atoms with Gasteiger partial charge in [0, 0.05) is 9.35 Å². The Hall–Kier alpha value is 0.760. The van der Waals surface area contributed by atoms with Crippen LogP contribution in [0.4, 0.5) is 0 Å². The molecule has 0 saturated carbocycles. The van der Waals surface area contributed by atoms with Crippen molar-refractivity contribution in [3.05, 3.63) is 19.8 Å². The van der Waals surface area contributed by atoms with Crippen LogP contribution in [0, 0.1) is 5.92 Å². The van der Waals surface area contributed by atoms with Gasteiger partial charge in [-0.25, -0.2) is 0 Å². The molecule has 80 valence electrons. The summed E-state index contributed by atoms with van der Waals surface area (Å²) in [6.07, 6.45) is 2.33. The SMILES string of the molecule is CCCC(C)C(Cl)c1cc(Br)c(Cl)s1. The van der Waals surface area contributed by atoms with E-state index >= 15 is 0 Å². The van der Waals surface area contributed by atoms with Crippen molar-refractivity contribution in [1.29, 1.82) is 0 Å². The lowest BCUT2D eigenvalue weighted by Gasteiger charge is -2.15. The summed E-state index contributed by atoms with van der Waals surface area (Å²) in [6, 6.07) is 2.02. The zero-order valence-electron chi connectivity index (χ0n) is 8.19. The van der Waals surface area contributed by atoms with E-state index in [0.29, 0.717) is 5.92 Å². The van der Waals surface area contributed by atoms with Crippen molar-refractivity contribution in [2.24, 2.45) is 5.92 Å². The van der Waals surface area contributed by atoms with Crippen LogP contribution in [0.2, 0.25) is 4.34 Å². The normalized spacial score (nSPS) is 15.5. The van der Waals surface area contributed by atoms with Crippen molar-refractivity contribution >= 4 is 50.5 Å². The van der Waals surface area contributed by atoms with Crippen LogP contribution in [-0.4, -0.2) is 0 Å². The summed E-state index contributed by atoms with van der Waals surface area (Å²) in [6.45, 7) is 4.36. The van der Waals surface area contributed by atoms with E-state index in [1.165, 1.54) is 6.42 Å². The second-order valence-electron chi connectivity index (χ2n) is 3.44. The average Bonchev–Trinajstić information content (AvgIpc) is 2.46. The number of hydrogen-bond donors (Lipinski definition) is 0. The maximum absolute atomic E-state index is 6.35. The van der Waals surface area contributed by atoms with E-state index in [9.17, 15) is 0 Å². The summed E-state index contributed by atoms with van der Waals surface area (Å²) in [5.74, 6) is 0.503. The second-order valence-corrected chi connectivity index (χ2v) is 6.45. The van der Waals surface area contributed by atoms with Gasteiger partial charge in [-0.2, -0.15) is 0 Å². The lowest BCUT2D eigenvalue weighted by molar-refractivity contribution is 0.511. The third kappa shape index (κ3) is 3.13. The number of hydrogen-bond acceptors (Lipinski definition) is 1. The molecule has 0 amide bonds. The number of rotatable bonds is 4. The largest absolute Gasteiger partial charge is 0.126 e. The minimum atomic E-state index is 0.0868. The van der Waals surface area contributed by atoms with E-state index < -0.39 is 0 Å². The Balaban J connectivity index is 2.73. The predicted molar refractivity (Wildman–Crippen MR) is 69.7 cm³/mol. The Labute approximate surface area is 108 Å². The van der Waals surface area contributed by atoms with E-state index in [2.05, 4.69) is 29.8 Å². The molecule has 0 bridgehead atoms. The van der Waals surface area contributed by atoms with Crippen LogP contribution in [0.5, 0.6) is 0 Å². The third-order valence-corrected chi connectivity index (χ3v) is 5.53. The minimum absolute atomic E-state index is 0.0868. The molecule has 0 aliphatic carbocycles. The van der Waals surface area contributed by atoms with Gasteiger partial charge < -0.3 is 0 Å². The molecule has 0 aliphatic heterocycles. The van der Waals surface area contributed by atoms with Gasteiger partial charge in [-0.3, -0.25) is 0 Å². The van der Waals surface area contributed by atoms with Crippen molar-refractivity contribution in [3.63, 3.8) is 0 Å². The van der Waals surface area contributed by atoms with Crippen LogP contribution in [0.25, 0.3) is 0 Å². The second kappa shape index (κ2) is 5.74. The van der Waals surface area contributed by atoms with E-state index in [1.54, 1.807) is 11.3 Å². The first-order valence-electron chi connectivity index (χ1n) is 4.65. The van der Waals surface area contributed by atoms with Gasteiger partial charge in [-0.1, -0.05) is 31.9 Å². The van der Waals surface area contributed by atoms with Gasteiger partial charge in [-0.15, -0.1) is 22.9 Å². The van der Waals surface area contributed by atoms with E-state index in [4.69, 9.17) is 23.2 Å². The molecule has 1 heterocycles. The minimum Gasteiger partial charge on any atom is -0.126 e. The Kier molecular flexibility index (Phi) is 5.26. The quantitative estimate of drug-likeness (QED) is 0.608. The highest BCUT2D eigenvalue weighted by atomic mass is 79.9. The Bertz CT molecular complexity index is 279. The number of alkyl halides is 1. The fraction of sp³-hybridized carbons (Fsp3) is 0.600. The van der Waals surface area contributed by atoms with Crippen molar-refractivity contribution in [2.45, 2.75) is 32.1 Å². The first-order valence-corrected chi connectivity index (χ1v) is 7.07. The molecule has 0 N–H and O–H groups in total. The molecule has 14 heavy (non-hydrogen) atoms. The van der Waals surface area contributed by atoms with Crippen molar-refractivity contribution in [3.8, 4) is 0 Å². The van der Waals surface area contributed by atoms with Crippen LogP contribution in [-0.2, 0) is 0 Å². The molecule has 1 aromatic heterocycles. The maximum atomic E-state index is 6.35. The summed E-state index contributed by atoms with van der Waals surface area (Å²) >= 11 is 17.3. The molecule has 2 atom stereocenters. The van der Waals surface area contributed by atoms with E-state index in [1.807, 2.05) is 6.07 Å². The van der Waals surface area contributed by atoms with Crippen LogP contribution in [0.3, 0.4) is 0 Å². The molecule has 0 nitrogen and oxygen atoms in total. The van der Waals surface area contributed by atoms with Crippen LogP contribution >= 0.6 is 50.5 Å². The third-order valence-electron chi connectivity index (χ3n) is 2.18. The van der Waals surface area contributed by atoms with Crippen molar-refractivity contribution < 1.29 is 0 Å². The maximum Gasteiger partial charge on any atom is 0.107 e. The Morgan fingerprint density at radius 1 is 1.57 bits per heavy atom. The van der Waals surface area contributed by atoms with Gasteiger partial charge in [0.2, 0.25) is 0 Å². The average molecular weight is 316 g/mol. The Morgan fingerprint density at radius 3 is 2.64 bits per heavy atom. The van der Waals surface area contributed by atoms with E-state index in [-0.39, 0.29) is 5.38 Å². The van der Waals surface area contributed by atoms with Gasteiger partial charge in [-0.05, 0) is 34.3 Å².